The number of para-hydroxylation sites is 1. The van der Waals surface area contributed by atoms with Crippen molar-refractivity contribution in [3.63, 3.8) is 0 Å². The molecule has 0 radical (unpaired) electrons. The lowest BCUT2D eigenvalue weighted by atomic mass is 10.1. The summed E-state index contributed by atoms with van der Waals surface area (Å²) in [5, 5.41) is 0. The maximum absolute atomic E-state index is 12.8. The van der Waals surface area contributed by atoms with E-state index < -0.39 is 39.3 Å². The average molecular weight is 464 g/mol. The molecule has 0 bridgehead atoms. The van der Waals surface area contributed by atoms with Crippen LogP contribution in [0.2, 0.25) is 0 Å². The normalized spacial score (nSPS) is 12.6. The Labute approximate surface area is 163 Å². The molecule has 0 aliphatic rings. The van der Waals surface area contributed by atoms with E-state index in [9.17, 15) is 22.0 Å². The van der Waals surface area contributed by atoms with E-state index in [2.05, 4.69) is 30.1 Å². The van der Waals surface area contributed by atoms with E-state index >= 15 is 0 Å². The van der Waals surface area contributed by atoms with E-state index in [1.165, 1.54) is 19.2 Å². The number of halogens is 3. The van der Waals surface area contributed by atoms with Gasteiger partial charge >= 0.3 is 12.6 Å². The van der Waals surface area contributed by atoms with E-state index in [4.69, 9.17) is 0 Å². The van der Waals surface area contributed by atoms with Crippen molar-refractivity contribution in [3.8, 4) is 5.75 Å². The number of methoxy groups -OCH3 is 1. The minimum absolute atomic E-state index is 0.283. The summed E-state index contributed by atoms with van der Waals surface area (Å²) in [6.07, 6.45) is -0.283. The summed E-state index contributed by atoms with van der Waals surface area (Å²) in [5.74, 6) is -1.13. The molecule has 1 unspecified atom stereocenters. The standard InChI is InChI=1S/C17H16BrF2NO5S/c1-25-16(22)10-13(11-6-8-12(18)9-7-11)21-27(23,24)15-5-3-2-4-14(15)26-17(19)20/h2-9,13,17,21H,10H2,1H3. The van der Waals surface area contributed by atoms with Crippen molar-refractivity contribution in [2.75, 3.05) is 7.11 Å². The molecule has 0 amide bonds. The Morgan fingerprint density at radius 3 is 2.37 bits per heavy atom. The molecule has 0 fully saturated rings. The third kappa shape index (κ3) is 5.98. The number of benzene rings is 2. The second kappa shape index (κ2) is 9.25. The monoisotopic (exact) mass is 463 g/mol. The Kier molecular flexibility index (Phi) is 7.28. The summed E-state index contributed by atoms with van der Waals surface area (Å²) in [6.45, 7) is -3.18. The van der Waals surface area contributed by atoms with Crippen LogP contribution in [0.15, 0.2) is 57.9 Å². The zero-order valence-corrected chi connectivity index (χ0v) is 16.5. The Bertz CT molecular complexity index is 890. The van der Waals surface area contributed by atoms with E-state index in [-0.39, 0.29) is 6.42 Å². The maximum Gasteiger partial charge on any atom is 0.387 e. The van der Waals surface area contributed by atoms with E-state index in [0.29, 0.717) is 5.56 Å². The summed E-state index contributed by atoms with van der Waals surface area (Å²) in [7, 11) is -3.09. The number of hydrogen-bond acceptors (Lipinski definition) is 5. The van der Waals surface area contributed by atoms with Gasteiger partial charge < -0.3 is 9.47 Å². The van der Waals surface area contributed by atoms with Crippen molar-refractivity contribution in [3.05, 3.63) is 58.6 Å². The summed E-state index contributed by atoms with van der Waals surface area (Å²) in [5.41, 5.74) is 0.499. The number of carbonyl (C=O) groups excluding carboxylic acids is 1. The van der Waals surface area contributed by atoms with Gasteiger partial charge in [0.05, 0.1) is 19.6 Å². The van der Waals surface area contributed by atoms with Gasteiger partial charge in [-0.2, -0.15) is 8.78 Å². The zero-order chi connectivity index (χ0) is 20.0. The van der Waals surface area contributed by atoms with Crippen molar-refractivity contribution < 1.29 is 31.5 Å². The molecule has 0 heterocycles. The Morgan fingerprint density at radius 2 is 1.78 bits per heavy atom. The van der Waals surface area contributed by atoms with Crippen LogP contribution in [-0.2, 0) is 19.6 Å². The molecule has 2 rings (SSSR count). The predicted molar refractivity (Wildman–Crippen MR) is 96.9 cm³/mol. The summed E-state index contributed by atoms with van der Waals surface area (Å²) >= 11 is 3.27. The average Bonchev–Trinajstić information content (AvgIpc) is 2.61. The molecule has 146 valence electrons. The molecule has 0 aromatic heterocycles. The lowest BCUT2D eigenvalue weighted by Crippen LogP contribution is -2.31. The predicted octanol–water partition coefficient (Wildman–Crippen LogP) is 3.63. The zero-order valence-electron chi connectivity index (χ0n) is 14.1. The molecule has 27 heavy (non-hydrogen) atoms. The van der Waals surface area contributed by atoms with Crippen LogP contribution >= 0.6 is 15.9 Å². The highest BCUT2D eigenvalue weighted by Crippen LogP contribution is 2.28. The first-order valence-corrected chi connectivity index (χ1v) is 9.89. The maximum atomic E-state index is 12.8. The molecular weight excluding hydrogens is 448 g/mol. The molecule has 0 aliphatic heterocycles. The van der Waals surface area contributed by atoms with Crippen LogP contribution in [0.4, 0.5) is 8.78 Å². The topological polar surface area (TPSA) is 81.7 Å². The van der Waals surface area contributed by atoms with Gasteiger partial charge in [-0.05, 0) is 29.8 Å². The fraction of sp³-hybridized carbons (Fsp3) is 0.235. The highest BCUT2D eigenvalue weighted by atomic mass is 79.9. The molecule has 0 spiro atoms. The largest absolute Gasteiger partial charge is 0.469 e. The van der Waals surface area contributed by atoms with Gasteiger partial charge in [0.1, 0.15) is 10.6 Å². The number of carbonyl (C=O) groups is 1. The lowest BCUT2D eigenvalue weighted by Gasteiger charge is -2.19. The highest BCUT2D eigenvalue weighted by molar-refractivity contribution is 9.10. The van der Waals surface area contributed by atoms with Crippen LogP contribution in [0, 0.1) is 0 Å². The SMILES string of the molecule is COC(=O)CC(NS(=O)(=O)c1ccccc1OC(F)F)c1ccc(Br)cc1. The van der Waals surface area contributed by atoms with Crippen molar-refractivity contribution >= 4 is 31.9 Å². The Hall–Kier alpha value is -2.04. The van der Waals surface area contributed by atoms with Crippen LogP contribution in [-0.4, -0.2) is 28.1 Å². The quantitative estimate of drug-likeness (QED) is 0.604. The van der Waals surface area contributed by atoms with Gasteiger partial charge in [0.25, 0.3) is 0 Å². The number of hydrogen-bond donors (Lipinski definition) is 1. The number of rotatable bonds is 8. The van der Waals surface area contributed by atoms with E-state index in [0.717, 1.165) is 16.6 Å². The van der Waals surface area contributed by atoms with E-state index in [1.54, 1.807) is 24.3 Å². The third-order valence-electron chi connectivity index (χ3n) is 3.52. The molecule has 2 aromatic carbocycles. The smallest absolute Gasteiger partial charge is 0.387 e. The summed E-state index contributed by atoms with van der Waals surface area (Å²) in [4.78, 5) is 11.2. The minimum Gasteiger partial charge on any atom is -0.469 e. The number of esters is 1. The van der Waals surface area contributed by atoms with Crippen molar-refractivity contribution in [2.45, 2.75) is 24.0 Å². The molecule has 1 atom stereocenters. The minimum atomic E-state index is -4.28. The first kappa shape index (κ1) is 21.3. The molecule has 0 saturated heterocycles. The van der Waals surface area contributed by atoms with Crippen molar-refractivity contribution in [1.29, 1.82) is 0 Å². The van der Waals surface area contributed by atoms with Crippen LogP contribution in [0.3, 0.4) is 0 Å². The Morgan fingerprint density at radius 1 is 1.15 bits per heavy atom. The first-order chi connectivity index (χ1) is 12.7. The highest BCUT2D eigenvalue weighted by Gasteiger charge is 2.27. The molecule has 0 saturated carbocycles. The van der Waals surface area contributed by atoms with Crippen molar-refractivity contribution in [2.24, 2.45) is 0 Å². The second-order valence-electron chi connectivity index (χ2n) is 5.33. The molecule has 0 aliphatic carbocycles. The fourth-order valence-corrected chi connectivity index (χ4v) is 3.91. The number of nitrogens with one attached hydrogen (secondary N) is 1. The van der Waals surface area contributed by atoms with Gasteiger partial charge in [0.15, 0.2) is 0 Å². The summed E-state index contributed by atoms with van der Waals surface area (Å²) in [6, 6.07) is 10.7. The number of ether oxygens (including phenoxy) is 2. The molecule has 6 nitrogen and oxygen atoms in total. The van der Waals surface area contributed by atoms with Gasteiger partial charge in [0, 0.05) is 4.47 Å². The summed E-state index contributed by atoms with van der Waals surface area (Å²) < 4.78 is 62.7. The first-order valence-electron chi connectivity index (χ1n) is 7.61. The van der Waals surface area contributed by atoms with Crippen LogP contribution in [0.25, 0.3) is 0 Å². The fourth-order valence-electron chi connectivity index (χ4n) is 2.29. The van der Waals surface area contributed by atoms with Gasteiger partial charge in [-0.1, -0.05) is 40.2 Å². The molecule has 10 heteroatoms. The van der Waals surface area contributed by atoms with Crippen LogP contribution in [0.1, 0.15) is 18.0 Å². The number of alkyl halides is 2. The second-order valence-corrected chi connectivity index (χ2v) is 7.93. The molecular formula is C17H16BrF2NO5S. The number of sulfonamides is 1. The molecule has 1 N–H and O–H groups in total. The van der Waals surface area contributed by atoms with Crippen LogP contribution in [0.5, 0.6) is 5.75 Å². The van der Waals surface area contributed by atoms with Gasteiger partial charge in [-0.15, -0.1) is 0 Å². The van der Waals surface area contributed by atoms with Gasteiger partial charge in [-0.25, -0.2) is 13.1 Å². The van der Waals surface area contributed by atoms with Crippen molar-refractivity contribution in [1.82, 2.24) is 4.72 Å². The molecule has 2 aromatic rings. The lowest BCUT2D eigenvalue weighted by molar-refractivity contribution is -0.141. The third-order valence-corrected chi connectivity index (χ3v) is 5.56. The van der Waals surface area contributed by atoms with Crippen LogP contribution < -0.4 is 9.46 Å². The Balaban J connectivity index is 2.38. The van der Waals surface area contributed by atoms with Gasteiger partial charge in [-0.3, -0.25) is 4.79 Å². The van der Waals surface area contributed by atoms with Gasteiger partial charge in [0.2, 0.25) is 10.0 Å². The van der Waals surface area contributed by atoms with E-state index in [1.807, 2.05) is 0 Å².